The Morgan fingerprint density at radius 3 is 2.35 bits per heavy atom. The highest BCUT2D eigenvalue weighted by molar-refractivity contribution is 5.91. The van der Waals surface area contributed by atoms with Crippen LogP contribution < -0.4 is 21.1 Å². The van der Waals surface area contributed by atoms with Gasteiger partial charge in [0, 0.05) is 24.7 Å². The van der Waals surface area contributed by atoms with Crippen LogP contribution in [0, 0.1) is 10.1 Å². The number of benzene rings is 2. The van der Waals surface area contributed by atoms with Crippen LogP contribution in [0.25, 0.3) is 0 Å². The number of rotatable bonds is 10. The fourth-order valence-corrected chi connectivity index (χ4v) is 2.45. The highest BCUT2D eigenvalue weighted by Crippen LogP contribution is 2.34. The smallest absolute Gasteiger partial charge is 0.416 e. The molecule has 12 heteroatoms. The molecule has 4 N–H and O–H groups in total. The predicted octanol–water partition coefficient (Wildman–Crippen LogP) is 3.31. The third kappa shape index (κ3) is 7.49. The molecular formula is C19H19F3N4O5. The van der Waals surface area contributed by atoms with Crippen molar-refractivity contribution in [3.8, 4) is 5.75 Å². The van der Waals surface area contributed by atoms with Gasteiger partial charge in [-0.05, 0) is 36.4 Å². The summed E-state index contributed by atoms with van der Waals surface area (Å²) in [5, 5.41) is 16.3. The summed E-state index contributed by atoms with van der Waals surface area (Å²) in [6.45, 7) is 0.0924. The fourth-order valence-electron chi connectivity index (χ4n) is 2.45. The standard InChI is InChI=1S/C19H19F3N4O5/c20-19(21,22)12-1-6-15(16(11-12)26(29)30)24-9-7-18(28)25-13-2-4-14(5-3-13)31-10-8-17(23)27/h1-6,11,24H,7-10H2,(H2,23,27)(H,25,28). The summed E-state index contributed by atoms with van der Waals surface area (Å²) in [6.07, 6.45) is -4.72. The summed E-state index contributed by atoms with van der Waals surface area (Å²) in [5.41, 5.74) is 3.48. The van der Waals surface area contributed by atoms with E-state index >= 15 is 0 Å². The van der Waals surface area contributed by atoms with E-state index in [0.717, 1.165) is 12.1 Å². The Morgan fingerprint density at radius 1 is 1.10 bits per heavy atom. The van der Waals surface area contributed by atoms with Crippen molar-refractivity contribution in [3.05, 3.63) is 58.1 Å². The van der Waals surface area contributed by atoms with Gasteiger partial charge in [0.2, 0.25) is 11.8 Å². The molecule has 0 atom stereocenters. The summed E-state index contributed by atoms with van der Waals surface area (Å²) < 4.78 is 43.5. The van der Waals surface area contributed by atoms with Crippen LogP contribution in [0.5, 0.6) is 5.75 Å². The second kappa shape index (κ2) is 10.3. The number of nitrogens with two attached hydrogens (primary N) is 1. The van der Waals surface area contributed by atoms with Gasteiger partial charge in [0.25, 0.3) is 5.69 Å². The average molecular weight is 440 g/mol. The highest BCUT2D eigenvalue weighted by Gasteiger charge is 2.33. The van der Waals surface area contributed by atoms with Gasteiger partial charge in [-0.3, -0.25) is 19.7 Å². The minimum atomic E-state index is -4.70. The molecule has 0 radical (unpaired) electrons. The Bertz CT molecular complexity index is 949. The van der Waals surface area contributed by atoms with E-state index in [9.17, 15) is 32.9 Å². The van der Waals surface area contributed by atoms with Crippen molar-refractivity contribution in [2.24, 2.45) is 5.73 Å². The molecule has 31 heavy (non-hydrogen) atoms. The monoisotopic (exact) mass is 440 g/mol. The topological polar surface area (TPSA) is 137 Å². The summed E-state index contributed by atoms with van der Waals surface area (Å²) in [4.78, 5) is 32.8. The van der Waals surface area contributed by atoms with E-state index in [0.29, 0.717) is 17.5 Å². The molecule has 0 unspecified atom stereocenters. The third-order valence-electron chi connectivity index (χ3n) is 3.94. The molecule has 0 heterocycles. The second-order valence-corrected chi connectivity index (χ2v) is 6.30. The van der Waals surface area contributed by atoms with Crippen molar-refractivity contribution < 1.29 is 32.4 Å². The van der Waals surface area contributed by atoms with Gasteiger partial charge < -0.3 is 21.1 Å². The molecule has 0 saturated carbocycles. The first-order valence-corrected chi connectivity index (χ1v) is 8.97. The number of carbonyl (C=O) groups excluding carboxylic acids is 2. The Hall–Kier alpha value is -3.83. The van der Waals surface area contributed by atoms with Gasteiger partial charge in [0.1, 0.15) is 11.4 Å². The lowest BCUT2D eigenvalue weighted by Gasteiger charge is -2.11. The van der Waals surface area contributed by atoms with Gasteiger partial charge in [-0.25, -0.2) is 0 Å². The van der Waals surface area contributed by atoms with Crippen LogP contribution in [0.2, 0.25) is 0 Å². The SMILES string of the molecule is NC(=O)CCOc1ccc(NC(=O)CCNc2ccc(C(F)(F)F)cc2[N+](=O)[O-])cc1. The number of nitrogens with zero attached hydrogens (tertiary/aromatic N) is 1. The number of nitrogens with one attached hydrogen (secondary N) is 2. The van der Waals surface area contributed by atoms with Crippen molar-refractivity contribution in [2.75, 3.05) is 23.8 Å². The summed E-state index contributed by atoms with van der Waals surface area (Å²) >= 11 is 0. The maximum absolute atomic E-state index is 12.7. The largest absolute Gasteiger partial charge is 0.493 e. The number of alkyl halides is 3. The predicted molar refractivity (Wildman–Crippen MR) is 106 cm³/mol. The molecule has 0 bridgehead atoms. The zero-order chi connectivity index (χ0) is 23.0. The van der Waals surface area contributed by atoms with Gasteiger partial charge in [-0.2, -0.15) is 13.2 Å². The molecule has 0 aliphatic heterocycles. The number of amides is 2. The second-order valence-electron chi connectivity index (χ2n) is 6.30. The molecule has 0 aromatic heterocycles. The maximum atomic E-state index is 12.7. The Morgan fingerprint density at radius 2 is 1.77 bits per heavy atom. The normalized spacial score (nSPS) is 10.9. The molecule has 0 aliphatic rings. The molecule has 9 nitrogen and oxygen atoms in total. The number of primary amides is 1. The number of nitro groups is 1. The number of anilines is 2. The molecular weight excluding hydrogens is 421 g/mol. The van der Waals surface area contributed by atoms with Gasteiger partial charge >= 0.3 is 6.18 Å². The first-order valence-electron chi connectivity index (χ1n) is 8.97. The molecule has 0 fully saturated rings. The van der Waals surface area contributed by atoms with Crippen molar-refractivity contribution in [1.29, 1.82) is 0 Å². The number of hydrogen-bond acceptors (Lipinski definition) is 6. The van der Waals surface area contributed by atoms with Crippen LogP contribution in [-0.4, -0.2) is 29.9 Å². The number of nitro benzene ring substituents is 1. The van der Waals surface area contributed by atoms with Crippen LogP contribution in [0.1, 0.15) is 18.4 Å². The lowest BCUT2D eigenvalue weighted by Crippen LogP contribution is -2.17. The molecule has 166 valence electrons. The van der Waals surface area contributed by atoms with Crippen LogP contribution in [0.3, 0.4) is 0 Å². The summed E-state index contributed by atoms with van der Waals surface area (Å²) in [6, 6.07) is 8.44. The van der Waals surface area contributed by atoms with E-state index in [4.69, 9.17) is 10.5 Å². The third-order valence-corrected chi connectivity index (χ3v) is 3.94. The van der Waals surface area contributed by atoms with Crippen molar-refractivity contribution in [1.82, 2.24) is 0 Å². The minimum absolute atomic E-state index is 0.0354. The molecule has 2 amide bonds. The Balaban J connectivity index is 1.86. The Labute approximate surface area is 174 Å². The van der Waals surface area contributed by atoms with Gasteiger partial charge in [0.05, 0.1) is 23.5 Å². The average Bonchev–Trinajstić information content (AvgIpc) is 2.68. The number of carbonyl (C=O) groups is 2. The quantitative estimate of drug-likeness (QED) is 0.383. The fraction of sp³-hybridized carbons (Fsp3) is 0.263. The van der Waals surface area contributed by atoms with Crippen LogP contribution in [-0.2, 0) is 15.8 Å². The molecule has 2 rings (SSSR count). The first-order chi connectivity index (χ1) is 14.6. The Kier molecular flexibility index (Phi) is 7.77. The van der Waals surface area contributed by atoms with E-state index < -0.39 is 34.2 Å². The van der Waals surface area contributed by atoms with E-state index in [1.54, 1.807) is 24.3 Å². The molecule has 0 spiro atoms. The highest BCUT2D eigenvalue weighted by atomic mass is 19.4. The van der Waals surface area contributed by atoms with Crippen molar-refractivity contribution >= 4 is 28.9 Å². The van der Waals surface area contributed by atoms with Crippen molar-refractivity contribution in [2.45, 2.75) is 19.0 Å². The van der Waals surface area contributed by atoms with Crippen LogP contribution >= 0.6 is 0 Å². The van der Waals surface area contributed by atoms with Crippen LogP contribution in [0.15, 0.2) is 42.5 Å². The number of halogens is 3. The summed E-state index contributed by atoms with van der Waals surface area (Å²) in [5.74, 6) is -0.417. The van der Waals surface area contributed by atoms with E-state index in [1.165, 1.54) is 0 Å². The zero-order valence-corrected chi connectivity index (χ0v) is 16.1. The molecule has 2 aromatic rings. The first kappa shape index (κ1) is 23.4. The molecule has 0 saturated heterocycles. The van der Waals surface area contributed by atoms with E-state index in [2.05, 4.69) is 10.6 Å². The summed E-state index contributed by atoms with van der Waals surface area (Å²) in [7, 11) is 0. The number of hydrogen-bond donors (Lipinski definition) is 3. The van der Waals surface area contributed by atoms with E-state index in [1.807, 2.05) is 0 Å². The zero-order valence-electron chi connectivity index (χ0n) is 16.1. The van der Waals surface area contributed by atoms with Gasteiger partial charge in [-0.1, -0.05) is 0 Å². The lowest BCUT2D eigenvalue weighted by atomic mass is 10.1. The molecule has 0 aliphatic carbocycles. The molecule has 2 aromatic carbocycles. The van der Waals surface area contributed by atoms with Crippen LogP contribution in [0.4, 0.5) is 30.2 Å². The maximum Gasteiger partial charge on any atom is 0.416 e. The van der Waals surface area contributed by atoms with Gasteiger partial charge in [0.15, 0.2) is 0 Å². The number of ether oxygens (including phenoxy) is 1. The van der Waals surface area contributed by atoms with Crippen molar-refractivity contribution in [3.63, 3.8) is 0 Å². The van der Waals surface area contributed by atoms with Gasteiger partial charge in [-0.15, -0.1) is 0 Å². The lowest BCUT2D eigenvalue weighted by molar-refractivity contribution is -0.384. The van der Waals surface area contributed by atoms with E-state index in [-0.39, 0.29) is 31.7 Å². The minimum Gasteiger partial charge on any atom is -0.493 e.